The summed E-state index contributed by atoms with van der Waals surface area (Å²) in [5.74, 6) is 0. The lowest BCUT2D eigenvalue weighted by molar-refractivity contribution is 0.296. The molecule has 18 heavy (non-hydrogen) atoms. The molecule has 0 aliphatic rings. The Hall–Kier alpha value is -1.81. The minimum Gasteiger partial charge on any atom is -0.300 e. The fourth-order valence-electron chi connectivity index (χ4n) is 1.66. The molecule has 1 aromatic rings. The summed E-state index contributed by atoms with van der Waals surface area (Å²) >= 11 is 0. The molecule has 0 atom stereocenters. The van der Waals surface area contributed by atoms with Crippen molar-refractivity contribution in [2.45, 2.75) is 20.4 Å². The number of benzene rings is 1. The van der Waals surface area contributed by atoms with E-state index in [0.29, 0.717) is 5.70 Å². The summed E-state index contributed by atoms with van der Waals surface area (Å²) in [4.78, 5) is 2.36. The molecule has 96 valence electrons. The number of nitrogens with one attached hydrogen (secondary N) is 1. The van der Waals surface area contributed by atoms with E-state index in [0.717, 1.165) is 31.5 Å². The minimum absolute atomic E-state index is 0.577. The van der Waals surface area contributed by atoms with Gasteiger partial charge >= 0.3 is 0 Å². The maximum absolute atomic E-state index is 6.78. The van der Waals surface area contributed by atoms with E-state index in [2.05, 4.69) is 47.7 Å². The summed E-state index contributed by atoms with van der Waals surface area (Å²) in [6.07, 6.45) is 0.903. The van der Waals surface area contributed by atoms with E-state index in [9.17, 15) is 0 Å². The highest BCUT2D eigenvalue weighted by Gasteiger charge is 2.02. The maximum Gasteiger partial charge on any atom is 0.129 e. The summed E-state index contributed by atoms with van der Waals surface area (Å²) < 4.78 is 0. The molecule has 4 nitrogen and oxygen atoms in total. The van der Waals surface area contributed by atoms with Crippen molar-refractivity contribution in [1.82, 2.24) is 4.90 Å². The van der Waals surface area contributed by atoms with Crippen molar-refractivity contribution >= 4 is 12.0 Å². The summed E-state index contributed by atoms with van der Waals surface area (Å²) in [5, 5.41) is 14.1. The number of nitrogens with zero attached hydrogens (tertiary/aromatic N) is 3. The molecule has 1 N–H and O–H groups in total. The van der Waals surface area contributed by atoms with Gasteiger partial charge in [0.25, 0.3) is 0 Å². The average Bonchev–Trinajstić information content (AvgIpc) is 2.42. The Bertz CT molecular complexity index is 416. The third kappa shape index (κ3) is 4.22. The Morgan fingerprint density at radius 1 is 1.28 bits per heavy atom. The van der Waals surface area contributed by atoms with Gasteiger partial charge in [0.05, 0.1) is 5.70 Å². The van der Waals surface area contributed by atoms with Gasteiger partial charge in [0.15, 0.2) is 0 Å². The molecule has 1 aromatic carbocycles. The molecule has 0 amide bonds. The van der Waals surface area contributed by atoms with E-state index in [1.54, 1.807) is 0 Å². The molecule has 0 aliphatic carbocycles. The predicted octanol–water partition coefficient (Wildman–Crippen LogP) is 3.56. The number of hydrogen-bond donors (Lipinski definition) is 1. The van der Waals surface area contributed by atoms with E-state index in [1.165, 1.54) is 5.56 Å². The van der Waals surface area contributed by atoms with Crippen LogP contribution in [0.1, 0.15) is 25.0 Å². The lowest BCUT2D eigenvalue weighted by Crippen LogP contribution is -2.21. The first-order chi connectivity index (χ1) is 8.71. The Balaban J connectivity index is 2.70. The number of hydrogen-bond acceptors (Lipinski definition) is 3. The van der Waals surface area contributed by atoms with Crippen molar-refractivity contribution in [3.05, 3.63) is 42.0 Å². The van der Waals surface area contributed by atoms with Gasteiger partial charge in [-0.25, -0.2) is 0 Å². The summed E-state index contributed by atoms with van der Waals surface area (Å²) in [7, 11) is 0. The van der Waals surface area contributed by atoms with E-state index < -0.39 is 0 Å². The molecule has 0 radical (unpaired) electrons. The summed E-state index contributed by atoms with van der Waals surface area (Å²) in [6, 6.07) is 8.14. The van der Waals surface area contributed by atoms with E-state index in [1.807, 2.05) is 12.1 Å². The second kappa shape index (κ2) is 7.50. The Kier molecular flexibility index (Phi) is 5.94. The molecular formula is C14H20N4. The average molecular weight is 244 g/mol. The van der Waals surface area contributed by atoms with Gasteiger partial charge in [0.1, 0.15) is 6.34 Å². The predicted molar refractivity (Wildman–Crippen MR) is 75.7 cm³/mol. The lowest BCUT2D eigenvalue weighted by Gasteiger charge is -2.17. The van der Waals surface area contributed by atoms with Gasteiger partial charge in [0.2, 0.25) is 0 Å². The highest BCUT2D eigenvalue weighted by molar-refractivity contribution is 5.63. The van der Waals surface area contributed by atoms with Crippen LogP contribution in [-0.2, 0) is 6.54 Å². The molecule has 0 heterocycles. The summed E-state index contributed by atoms with van der Waals surface area (Å²) in [6.45, 7) is 11.2. The molecule has 0 aliphatic heterocycles. The lowest BCUT2D eigenvalue weighted by atomic mass is 10.1. The highest BCUT2D eigenvalue weighted by Crippen LogP contribution is 2.15. The fraction of sp³-hybridized carbons (Fsp3) is 0.357. The summed E-state index contributed by atoms with van der Waals surface area (Å²) in [5.41, 5.74) is 2.79. The molecule has 0 spiro atoms. The Labute approximate surface area is 109 Å². The van der Waals surface area contributed by atoms with Crippen molar-refractivity contribution in [3.8, 4) is 0 Å². The molecule has 4 heteroatoms. The van der Waals surface area contributed by atoms with Crippen LogP contribution in [0.15, 0.2) is 41.1 Å². The van der Waals surface area contributed by atoms with Crippen molar-refractivity contribution in [3.63, 3.8) is 0 Å². The van der Waals surface area contributed by atoms with Gasteiger partial charge in [-0.1, -0.05) is 44.7 Å². The highest BCUT2D eigenvalue weighted by atomic mass is 15.1. The van der Waals surface area contributed by atoms with Crippen molar-refractivity contribution in [2.75, 3.05) is 13.1 Å². The van der Waals surface area contributed by atoms with E-state index in [-0.39, 0.29) is 0 Å². The van der Waals surface area contributed by atoms with Crippen LogP contribution in [0, 0.1) is 5.41 Å². The Morgan fingerprint density at radius 3 is 2.39 bits per heavy atom. The molecule has 0 saturated heterocycles. The second-order valence-corrected chi connectivity index (χ2v) is 3.95. The van der Waals surface area contributed by atoms with Gasteiger partial charge in [-0.05, 0) is 18.7 Å². The topological polar surface area (TPSA) is 51.8 Å². The number of rotatable bonds is 7. The van der Waals surface area contributed by atoms with Crippen molar-refractivity contribution in [2.24, 2.45) is 10.2 Å². The largest absolute Gasteiger partial charge is 0.300 e. The zero-order valence-electron chi connectivity index (χ0n) is 11.1. The molecule has 1 rings (SSSR count). The van der Waals surface area contributed by atoms with Crippen LogP contribution in [0.5, 0.6) is 0 Å². The molecule has 0 aromatic heterocycles. The quantitative estimate of drug-likeness (QED) is 0.445. The molecule has 0 unspecified atom stereocenters. The zero-order valence-corrected chi connectivity index (χ0v) is 11.1. The molecule has 0 bridgehead atoms. The van der Waals surface area contributed by atoms with Crippen molar-refractivity contribution in [1.29, 1.82) is 5.41 Å². The maximum atomic E-state index is 6.78. The molecular weight excluding hydrogens is 224 g/mol. The normalized spacial score (nSPS) is 11.1. The van der Waals surface area contributed by atoms with Crippen LogP contribution in [0.4, 0.5) is 0 Å². The Morgan fingerprint density at radius 2 is 1.89 bits per heavy atom. The van der Waals surface area contributed by atoms with Crippen LogP contribution in [0.3, 0.4) is 0 Å². The van der Waals surface area contributed by atoms with E-state index in [4.69, 9.17) is 5.41 Å². The first-order valence-electron chi connectivity index (χ1n) is 6.11. The smallest absolute Gasteiger partial charge is 0.129 e. The fourth-order valence-corrected chi connectivity index (χ4v) is 1.66. The molecule has 0 saturated carbocycles. The van der Waals surface area contributed by atoms with Crippen LogP contribution < -0.4 is 0 Å². The van der Waals surface area contributed by atoms with Crippen LogP contribution in [0.25, 0.3) is 5.70 Å². The van der Waals surface area contributed by atoms with Gasteiger partial charge in [-0.3, -0.25) is 10.3 Å². The molecule has 0 fully saturated rings. The van der Waals surface area contributed by atoms with Gasteiger partial charge in [-0.15, -0.1) is 10.2 Å². The standard InChI is InChI=1S/C14H20N4/c1-4-18(5-2)10-13-6-8-14(9-7-13)12(3)17-16-11-15/h6-9,11,15H,3-5,10H2,1-2H3. The minimum atomic E-state index is 0.577. The van der Waals surface area contributed by atoms with E-state index >= 15 is 0 Å². The van der Waals surface area contributed by atoms with Gasteiger partial charge in [-0.2, -0.15) is 0 Å². The van der Waals surface area contributed by atoms with Crippen LogP contribution >= 0.6 is 0 Å². The van der Waals surface area contributed by atoms with Gasteiger partial charge in [0, 0.05) is 12.1 Å². The second-order valence-electron chi connectivity index (χ2n) is 3.95. The van der Waals surface area contributed by atoms with Crippen molar-refractivity contribution < 1.29 is 0 Å². The first-order valence-corrected chi connectivity index (χ1v) is 6.11. The monoisotopic (exact) mass is 244 g/mol. The van der Waals surface area contributed by atoms with Crippen LogP contribution in [0.2, 0.25) is 0 Å². The number of azo groups is 1. The zero-order chi connectivity index (χ0) is 13.4. The first kappa shape index (κ1) is 14.3. The SMILES string of the molecule is C=C(N=NC=N)c1ccc(CN(CC)CC)cc1. The third-order valence-corrected chi connectivity index (χ3v) is 2.82. The van der Waals surface area contributed by atoms with Gasteiger partial charge < -0.3 is 0 Å². The third-order valence-electron chi connectivity index (χ3n) is 2.82. The van der Waals surface area contributed by atoms with Crippen LogP contribution in [-0.4, -0.2) is 24.3 Å².